The first-order valence-electron chi connectivity index (χ1n) is 6.15. The van der Waals surface area contributed by atoms with Crippen LogP contribution in [-0.2, 0) is 4.74 Å². The molecule has 0 saturated carbocycles. The Hall–Kier alpha value is -0.120. The fourth-order valence-electron chi connectivity index (χ4n) is 2.24. The van der Waals surface area contributed by atoms with Gasteiger partial charge in [-0.05, 0) is 33.2 Å². The predicted octanol–water partition coefficient (Wildman–Crippen LogP) is 1.47. The maximum atomic E-state index is 5.91. The van der Waals surface area contributed by atoms with Crippen molar-refractivity contribution in [2.75, 3.05) is 32.8 Å². The van der Waals surface area contributed by atoms with E-state index >= 15 is 0 Å². The molecule has 90 valence electrons. The van der Waals surface area contributed by atoms with Gasteiger partial charge in [-0.2, -0.15) is 0 Å². The Labute approximate surface area is 94.0 Å². The second kappa shape index (κ2) is 5.83. The number of nitrogens with zero attached hydrogens (tertiary/aromatic N) is 1. The maximum absolute atomic E-state index is 5.91. The van der Waals surface area contributed by atoms with Crippen LogP contribution < -0.4 is 5.73 Å². The number of nitrogens with two attached hydrogens (primary N) is 1. The van der Waals surface area contributed by atoms with Gasteiger partial charge in [0.15, 0.2) is 0 Å². The molecular formula is C12H26N2O. The van der Waals surface area contributed by atoms with Gasteiger partial charge >= 0.3 is 0 Å². The second-order valence-electron chi connectivity index (χ2n) is 5.07. The lowest BCUT2D eigenvalue weighted by molar-refractivity contribution is 0.0988. The van der Waals surface area contributed by atoms with E-state index in [1.807, 2.05) is 0 Å². The van der Waals surface area contributed by atoms with Crippen LogP contribution in [0.5, 0.6) is 0 Å². The summed E-state index contributed by atoms with van der Waals surface area (Å²) in [6.07, 6.45) is 2.33. The first-order chi connectivity index (χ1) is 7.13. The van der Waals surface area contributed by atoms with Gasteiger partial charge in [0, 0.05) is 31.2 Å². The molecule has 0 radical (unpaired) electrons. The summed E-state index contributed by atoms with van der Waals surface area (Å²) in [6.45, 7) is 11.5. The zero-order chi connectivity index (χ0) is 11.3. The average Bonchev–Trinajstić information content (AvgIpc) is 2.66. The van der Waals surface area contributed by atoms with Crippen LogP contribution in [0.1, 0.15) is 33.6 Å². The molecule has 1 atom stereocenters. The predicted molar refractivity (Wildman–Crippen MR) is 63.9 cm³/mol. The fourth-order valence-corrected chi connectivity index (χ4v) is 2.24. The first kappa shape index (κ1) is 12.9. The van der Waals surface area contributed by atoms with E-state index in [9.17, 15) is 0 Å². The van der Waals surface area contributed by atoms with E-state index in [0.717, 1.165) is 32.7 Å². The molecule has 0 aromatic carbocycles. The first-order valence-corrected chi connectivity index (χ1v) is 6.15. The van der Waals surface area contributed by atoms with E-state index in [2.05, 4.69) is 25.7 Å². The summed E-state index contributed by atoms with van der Waals surface area (Å²) in [4.78, 5) is 2.53. The van der Waals surface area contributed by atoms with Crippen LogP contribution in [0.3, 0.4) is 0 Å². The summed E-state index contributed by atoms with van der Waals surface area (Å²) in [5, 5.41) is 0. The lowest BCUT2D eigenvalue weighted by atomic mass is 9.86. The third-order valence-corrected chi connectivity index (χ3v) is 3.40. The Morgan fingerprint density at radius 1 is 1.47 bits per heavy atom. The molecule has 0 amide bonds. The monoisotopic (exact) mass is 214 g/mol. The van der Waals surface area contributed by atoms with Crippen molar-refractivity contribution in [3.8, 4) is 0 Å². The highest BCUT2D eigenvalue weighted by molar-refractivity contribution is 4.88. The molecule has 0 aliphatic carbocycles. The molecule has 1 aliphatic rings. The highest BCUT2D eigenvalue weighted by Crippen LogP contribution is 2.29. The molecule has 1 saturated heterocycles. The van der Waals surface area contributed by atoms with Gasteiger partial charge in [0.2, 0.25) is 0 Å². The number of rotatable bonds is 6. The summed E-state index contributed by atoms with van der Waals surface area (Å²) >= 11 is 0. The third kappa shape index (κ3) is 3.44. The van der Waals surface area contributed by atoms with Crippen molar-refractivity contribution in [1.29, 1.82) is 0 Å². The zero-order valence-electron chi connectivity index (χ0n) is 10.5. The number of hydrogen-bond donors (Lipinski definition) is 1. The molecule has 0 bridgehead atoms. The molecule has 1 heterocycles. The smallest absolute Gasteiger partial charge is 0.0547 e. The molecule has 15 heavy (non-hydrogen) atoms. The molecule has 0 aromatic heterocycles. The van der Waals surface area contributed by atoms with Crippen LogP contribution in [0.25, 0.3) is 0 Å². The normalized spacial score (nSPS) is 26.8. The van der Waals surface area contributed by atoms with E-state index in [-0.39, 0.29) is 5.41 Å². The Morgan fingerprint density at radius 2 is 2.20 bits per heavy atom. The van der Waals surface area contributed by atoms with E-state index in [1.165, 1.54) is 13.0 Å². The van der Waals surface area contributed by atoms with Gasteiger partial charge in [-0.15, -0.1) is 0 Å². The minimum Gasteiger partial charge on any atom is -0.381 e. The second-order valence-corrected chi connectivity index (χ2v) is 5.07. The molecule has 1 fully saturated rings. The van der Waals surface area contributed by atoms with Crippen molar-refractivity contribution in [2.24, 2.45) is 11.1 Å². The summed E-state index contributed by atoms with van der Waals surface area (Å²) in [5.74, 6) is 0. The fraction of sp³-hybridized carbons (Fsp3) is 1.00. The van der Waals surface area contributed by atoms with E-state index in [1.54, 1.807) is 0 Å². The Kier molecular flexibility index (Phi) is 5.03. The number of hydrogen-bond acceptors (Lipinski definition) is 3. The SMILES string of the molecule is CCCN(CC1(CN)CCOC1)C(C)C. The van der Waals surface area contributed by atoms with Crippen LogP contribution in [0.4, 0.5) is 0 Å². The molecule has 3 heteroatoms. The zero-order valence-corrected chi connectivity index (χ0v) is 10.5. The summed E-state index contributed by atoms with van der Waals surface area (Å²) in [5.41, 5.74) is 6.13. The van der Waals surface area contributed by atoms with Crippen LogP contribution in [-0.4, -0.2) is 43.8 Å². The molecule has 1 aliphatic heterocycles. The molecule has 0 spiro atoms. The Morgan fingerprint density at radius 3 is 2.60 bits per heavy atom. The average molecular weight is 214 g/mol. The topological polar surface area (TPSA) is 38.5 Å². The Balaban J connectivity index is 2.54. The van der Waals surface area contributed by atoms with Gasteiger partial charge in [-0.3, -0.25) is 0 Å². The van der Waals surface area contributed by atoms with E-state index < -0.39 is 0 Å². The van der Waals surface area contributed by atoms with Crippen LogP contribution >= 0.6 is 0 Å². The molecular weight excluding hydrogens is 188 g/mol. The van der Waals surface area contributed by atoms with E-state index in [0.29, 0.717) is 6.04 Å². The molecule has 0 aromatic rings. The van der Waals surface area contributed by atoms with Gasteiger partial charge < -0.3 is 15.4 Å². The van der Waals surface area contributed by atoms with Gasteiger partial charge in [0.05, 0.1) is 6.61 Å². The molecule has 1 rings (SSSR count). The van der Waals surface area contributed by atoms with Crippen molar-refractivity contribution < 1.29 is 4.74 Å². The summed E-state index contributed by atoms with van der Waals surface area (Å²) in [7, 11) is 0. The lowest BCUT2D eigenvalue weighted by Gasteiger charge is -2.35. The lowest BCUT2D eigenvalue weighted by Crippen LogP contribution is -2.46. The van der Waals surface area contributed by atoms with Crippen LogP contribution in [0.2, 0.25) is 0 Å². The molecule has 2 N–H and O–H groups in total. The van der Waals surface area contributed by atoms with Gasteiger partial charge in [0.1, 0.15) is 0 Å². The van der Waals surface area contributed by atoms with Crippen molar-refractivity contribution >= 4 is 0 Å². The van der Waals surface area contributed by atoms with Crippen molar-refractivity contribution in [3.63, 3.8) is 0 Å². The standard InChI is InChI=1S/C12H26N2O/c1-4-6-14(11(2)3)9-12(8-13)5-7-15-10-12/h11H,4-10,13H2,1-3H3. The maximum Gasteiger partial charge on any atom is 0.0547 e. The Bertz CT molecular complexity index is 176. The highest BCUT2D eigenvalue weighted by atomic mass is 16.5. The van der Waals surface area contributed by atoms with Crippen molar-refractivity contribution in [2.45, 2.75) is 39.7 Å². The minimum absolute atomic E-state index is 0.222. The van der Waals surface area contributed by atoms with Gasteiger partial charge in [0.25, 0.3) is 0 Å². The third-order valence-electron chi connectivity index (χ3n) is 3.40. The number of ether oxygens (including phenoxy) is 1. The minimum atomic E-state index is 0.222. The largest absolute Gasteiger partial charge is 0.381 e. The summed E-state index contributed by atoms with van der Waals surface area (Å²) < 4.78 is 5.50. The summed E-state index contributed by atoms with van der Waals surface area (Å²) in [6, 6.07) is 0.606. The van der Waals surface area contributed by atoms with E-state index in [4.69, 9.17) is 10.5 Å². The molecule has 3 nitrogen and oxygen atoms in total. The van der Waals surface area contributed by atoms with Crippen molar-refractivity contribution in [1.82, 2.24) is 4.90 Å². The molecule has 1 unspecified atom stereocenters. The van der Waals surface area contributed by atoms with Crippen LogP contribution in [0.15, 0.2) is 0 Å². The highest BCUT2D eigenvalue weighted by Gasteiger charge is 2.35. The van der Waals surface area contributed by atoms with Gasteiger partial charge in [-0.25, -0.2) is 0 Å². The quantitative estimate of drug-likeness (QED) is 0.728. The van der Waals surface area contributed by atoms with Gasteiger partial charge in [-0.1, -0.05) is 6.92 Å². The van der Waals surface area contributed by atoms with Crippen LogP contribution in [0, 0.1) is 5.41 Å². The van der Waals surface area contributed by atoms with Crippen molar-refractivity contribution in [3.05, 3.63) is 0 Å².